The molecule has 0 unspecified atom stereocenters. The van der Waals surface area contributed by atoms with Gasteiger partial charge < -0.3 is 20.1 Å². The summed E-state index contributed by atoms with van der Waals surface area (Å²) in [6.07, 6.45) is 0.659. The van der Waals surface area contributed by atoms with E-state index in [9.17, 15) is 10.1 Å². The van der Waals surface area contributed by atoms with Crippen LogP contribution in [0.15, 0.2) is 66.7 Å². The van der Waals surface area contributed by atoms with Crippen LogP contribution in [0.2, 0.25) is 0 Å². The van der Waals surface area contributed by atoms with Crippen LogP contribution in [0.3, 0.4) is 0 Å². The molecule has 1 aromatic heterocycles. The Morgan fingerprint density at radius 2 is 1.84 bits per heavy atom. The third kappa shape index (κ3) is 3.94. The maximum Gasteiger partial charge on any atom is 0.335 e. The first-order chi connectivity index (χ1) is 15.5. The minimum Gasteiger partial charge on any atom is -0.482 e. The summed E-state index contributed by atoms with van der Waals surface area (Å²) in [7, 11) is 1.65. The third-order valence-electron chi connectivity index (χ3n) is 5.57. The van der Waals surface area contributed by atoms with E-state index >= 15 is 0 Å². The Morgan fingerprint density at radius 1 is 1.09 bits per heavy atom. The summed E-state index contributed by atoms with van der Waals surface area (Å²) in [5.41, 5.74) is 11.8. The van der Waals surface area contributed by atoms with Gasteiger partial charge in [-0.05, 0) is 66.1 Å². The Labute approximate surface area is 186 Å². The number of hydrogen-bond acceptors (Lipinski definition) is 4. The number of aromatic nitrogens is 1. The molecule has 0 aliphatic heterocycles. The zero-order chi connectivity index (χ0) is 22.7. The highest BCUT2D eigenvalue weighted by Crippen LogP contribution is 2.36. The smallest absolute Gasteiger partial charge is 0.335 e. The van der Waals surface area contributed by atoms with Crippen LogP contribution in [-0.2, 0) is 13.0 Å². The van der Waals surface area contributed by atoms with Gasteiger partial charge in [0.05, 0.1) is 36.4 Å². The molecule has 0 fully saturated rings. The second-order valence-corrected chi connectivity index (χ2v) is 7.54. The zero-order valence-electron chi connectivity index (χ0n) is 17.7. The number of aromatic carboxylic acids is 1. The van der Waals surface area contributed by atoms with Crippen LogP contribution in [0.5, 0.6) is 5.88 Å². The molecule has 4 rings (SSSR count). The van der Waals surface area contributed by atoms with Crippen molar-refractivity contribution in [2.75, 3.05) is 13.7 Å². The Balaban J connectivity index is 1.83. The normalized spacial score (nSPS) is 10.8. The van der Waals surface area contributed by atoms with Gasteiger partial charge in [-0.1, -0.05) is 30.3 Å². The highest BCUT2D eigenvalue weighted by molar-refractivity contribution is 5.91. The van der Waals surface area contributed by atoms with Crippen LogP contribution >= 0.6 is 0 Å². The number of nitrogens with zero attached hydrogens (tertiary/aromatic N) is 2. The van der Waals surface area contributed by atoms with Crippen LogP contribution < -0.4 is 10.5 Å². The molecule has 6 nitrogen and oxygen atoms in total. The molecule has 0 atom stereocenters. The van der Waals surface area contributed by atoms with E-state index in [2.05, 4.69) is 22.8 Å². The molecule has 1 heterocycles. The van der Waals surface area contributed by atoms with Crippen molar-refractivity contribution in [1.82, 2.24) is 4.57 Å². The summed E-state index contributed by atoms with van der Waals surface area (Å²) in [5.74, 6) is -0.200. The van der Waals surface area contributed by atoms with Gasteiger partial charge in [0.25, 0.3) is 0 Å². The fourth-order valence-corrected chi connectivity index (χ4v) is 4.06. The molecule has 0 spiro atoms. The first kappa shape index (κ1) is 21.2. The van der Waals surface area contributed by atoms with Crippen molar-refractivity contribution in [2.45, 2.75) is 13.0 Å². The zero-order valence-corrected chi connectivity index (χ0v) is 17.7. The van der Waals surface area contributed by atoms with E-state index in [1.165, 1.54) is 0 Å². The molecule has 3 aromatic carbocycles. The number of fused-ring (bicyclic) bond motifs is 1. The SMILES string of the molecule is COc1c(CCN)c2cc(-c3cccc(C#N)c3)ccc2n1Cc1ccc(C(=O)O)cc1. The van der Waals surface area contributed by atoms with E-state index in [0.29, 0.717) is 25.1 Å². The predicted molar refractivity (Wildman–Crippen MR) is 124 cm³/mol. The number of rotatable bonds is 7. The molecule has 0 aliphatic rings. The van der Waals surface area contributed by atoms with E-state index in [-0.39, 0.29) is 5.56 Å². The topological polar surface area (TPSA) is 101 Å². The minimum absolute atomic E-state index is 0.256. The minimum atomic E-state index is -0.946. The molecule has 6 heteroatoms. The van der Waals surface area contributed by atoms with E-state index in [0.717, 1.165) is 39.0 Å². The van der Waals surface area contributed by atoms with Crippen LogP contribution in [0.4, 0.5) is 0 Å². The van der Waals surface area contributed by atoms with Gasteiger partial charge >= 0.3 is 5.97 Å². The first-order valence-electron chi connectivity index (χ1n) is 10.3. The van der Waals surface area contributed by atoms with Gasteiger partial charge in [-0.25, -0.2) is 4.79 Å². The second kappa shape index (κ2) is 8.96. The van der Waals surface area contributed by atoms with Crippen molar-refractivity contribution in [2.24, 2.45) is 5.73 Å². The van der Waals surface area contributed by atoms with E-state index in [1.54, 1.807) is 25.3 Å². The molecule has 3 N–H and O–H groups in total. The lowest BCUT2D eigenvalue weighted by Gasteiger charge is -2.11. The van der Waals surface area contributed by atoms with Gasteiger partial charge in [0.1, 0.15) is 0 Å². The average molecular weight is 425 g/mol. The molecule has 32 heavy (non-hydrogen) atoms. The number of carboxylic acids is 1. The fourth-order valence-electron chi connectivity index (χ4n) is 4.06. The average Bonchev–Trinajstić information content (AvgIpc) is 3.11. The van der Waals surface area contributed by atoms with E-state index in [4.69, 9.17) is 15.6 Å². The van der Waals surface area contributed by atoms with Gasteiger partial charge in [0.2, 0.25) is 0 Å². The standard InChI is InChI=1S/C26H23N3O3/c1-32-25-22(11-12-27)23-14-21(20-4-2-3-18(13-20)15-28)9-10-24(23)29(25)16-17-5-7-19(8-6-17)26(30)31/h2-10,13-14H,11-12,16,27H2,1H3,(H,30,31). The molecule has 160 valence electrons. The number of carboxylic acid groups (broad SMARTS) is 1. The molecule has 0 saturated carbocycles. The molecule has 4 aromatic rings. The Hall–Kier alpha value is -4.08. The second-order valence-electron chi connectivity index (χ2n) is 7.54. The molecular weight excluding hydrogens is 402 g/mol. The summed E-state index contributed by atoms with van der Waals surface area (Å²) in [6, 6.07) is 22.8. The molecular formula is C26H23N3O3. The van der Waals surface area contributed by atoms with Gasteiger partial charge in [0, 0.05) is 10.9 Å². The summed E-state index contributed by atoms with van der Waals surface area (Å²) < 4.78 is 7.89. The van der Waals surface area contributed by atoms with Crippen molar-refractivity contribution in [3.63, 3.8) is 0 Å². The maximum absolute atomic E-state index is 11.2. The van der Waals surface area contributed by atoms with Crippen LogP contribution in [-0.4, -0.2) is 29.3 Å². The summed E-state index contributed by atoms with van der Waals surface area (Å²) in [5, 5.41) is 19.4. The van der Waals surface area contributed by atoms with Crippen molar-refractivity contribution in [1.29, 1.82) is 5.26 Å². The molecule has 0 saturated heterocycles. The highest BCUT2D eigenvalue weighted by atomic mass is 16.5. The molecule has 0 radical (unpaired) electrons. The van der Waals surface area contributed by atoms with Gasteiger partial charge in [0.15, 0.2) is 5.88 Å². The number of nitrogens with two attached hydrogens (primary N) is 1. The number of carbonyl (C=O) groups is 1. The van der Waals surface area contributed by atoms with E-state index < -0.39 is 5.97 Å². The lowest BCUT2D eigenvalue weighted by Crippen LogP contribution is -2.06. The fraction of sp³-hybridized carbons (Fsp3) is 0.154. The van der Waals surface area contributed by atoms with E-state index in [1.807, 2.05) is 36.4 Å². The van der Waals surface area contributed by atoms with Gasteiger partial charge in [-0.15, -0.1) is 0 Å². The highest BCUT2D eigenvalue weighted by Gasteiger charge is 2.19. The van der Waals surface area contributed by atoms with Crippen LogP contribution in [0.25, 0.3) is 22.0 Å². The monoisotopic (exact) mass is 425 g/mol. The third-order valence-corrected chi connectivity index (χ3v) is 5.57. The summed E-state index contributed by atoms with van der Waals surface area (Å²) >= 11 is 0. The first-order valence-corrected chi connectivity index (χ1v) is 10.3. The molecule has 0 bridgehead atoms. The van der Waals surface area contributed by atoms with Crippen molar-refractivity contribution in [3.05, 3.63) is 89.0 Å². The predicted octanol–water partition coefficient (Wildman–Crippen LogP) is 4.44. The number of hydrogen-bond donors (Lipinski definition) is 2. The van der Waals surface area contributed by atoms with Crippen molar-refractivity contribution < 1.29 is 14.6 Å². The van der Waals surface area contributed by atoms with Crippen LogP contribution in [0, 0.1) is 11.3 Å². The lowest BCUT2D eigenvalue weighted by atomic mass is 10.00. The van der Waals surface area contributed by atoms with Gasteiger partial charge in [-0.3, -0.25) is 0 Å². The largest absolute Gasteiger partial charge is 0.482 e. The molecule has 0 amide bonds. The maximum atomic E-state index is 11.2. The number of methoxy groups -OCH3 is 1. The number of ether oxygens (including phenoxy) is 1. The quantitative estimate of drug-likeness (QED) is 0.456. The van der Waals surface area contributed by atoms with Crippen molar-refractivity contribution in [3.8, 4) is 23.1 Å². The van der Waals surface area contributed by atoms with Crippen LogP contribution in [0.1, 0.15) is 27.0 Å². The summed E-state index contributed by atoms with van der Waals surface area (Å²) in [6.45, 7) is 1.02. The lowest BCUT2D eigenvalue weighted by molar-refractivity contribution is 0.0697. The summed E-state index contributed by atoms with van der Waals surface area (Å²) in [4.78, 5) is 11.2. The number of benzene rings is 3. The van der Waals surface area contributed by atoms with Crippen molar-refractivity contribution >= 4 is 16.9 Å². The van der Waals surface area contributed by atoms with Gasteiger partial charge in [-0.2, -0.15) is 5.26 Å². The molecule has 0 aliphatic carbocycles. The Morgan fingerprint density at radius 3 is 2.50 bits per heavy atom. The number of nitriles is 1. The Kier molecular flexibility index (Phi) is 5.93. The Bertz CT molecular complexity index is 1330.